The first kappa shape index (κ1) is 11.9. The van der Waals surface area contributed by atoms with Gasteiger partial charge in [0.05, 0.1) is 19.3 Å². The Morgan fingerprint density at radius 2 is 2.27 bits per heavy atom. The number of rotatable bonds is 3. The van der Waals surface area contributed by atoms with Crippen molar-refractivity contribution < 1.29 is 14.3 Å². The molecule has 0 saturated carbocycles. The number of ether oxygens (including phenoxy) is 1. The maximum absolute atomic E-state index is 11.8. The number of primary amides is 1. The summed E-state index contributed by atoms with van der Waals surface area (Å²) in [5.41, 5.74) is 5.20. The Bertz CT molecular complexity index is 257. The van der Waals surface area contributed by atoms with Crippen molar-refractivity contribution in [2.75, 3.05) is 26.8 Å². The Hall–Kier alpha value is -1.14. The topological polar surface area (TPSA) is 84.7 Å². The van der Waals surface area contributed by atoms with E-state index in [9.17, 15) is 9.59 Å². The molecule has 3 N–H and O–H groups in total. The minimum Gasteiger partial charge on any atom is -0.377 e. The van der Waals surface area contributed by atoms with E-state index < -0.39 is 11.9 Å². The lowest BCUT2D eigenvalue weighted by atomic mass is 10.1. The van der Waals surface area contributed by atoms with Crippen LogP contribution in [0.4, 0.5) is 0 Å². The van der Waals surface area contributed by atoms with Gasteiger partial charge in [-0.25, -0.2) is 0 Å². The third-order valence-electron chi connectivity index (χ3n) is 2.54. The van der Waals surface area contributed by atoms with Gasteiger partial charge in [0.15, 0.2) is 0 Å². The summed E-state index contributed by atoms with van der Waals surface area (Å²) >= 11 is 0. The maximum Gasteiger partial charge on any atom is 0.242 e. The van der Waals surface area contributed by atoms with Crippen molar-refractivity contribution in [3.63, 3.8) is 0 Å². The van der Waals surface area contributed by atoms with E-state index in [1.165, 1.54) is 4.90 Å². The first-order valence-electron chi connectivity index (χ1n) is 4.92. The molecule has 2 atom stereocenters. The molecule has 0 aromatic rings. The van der Waals surface area contributed by atoms with Gasteiger partial charge in [-0.2, -0.15) is 0 Å². The molecule has 0 spiro atoms. The number of nitrogens with two attached hydrogens (primary N) is 1. The van der Waals surface area contributed by atoms with Gasteiger partial charge in [-0.05, 0) is 14.0 Å². The van der Waals surface area contributed by atoms with E-state index in [-0.39, 0.29) is 18.6 Å². The molecule has 1 saturated heterocycles. The Morgan fingerprint density at radius 3 is 2.80 bits per heavy atom. The van der Waals surface area contributed by atoms with Crippen LogP contribution < -0.4 is 11.1 Å². The van der Waals surface area contributed by atoms with Gasteiger partial charge in [-0.15, -0.1) is 0 Å². The van der Waals surface area contributed by atoms with Crippen molar-refractivity contribution in [3.05, 3.63) is 0 Å². The average Bonchev–Trinajstić information content (AvgIpc) is 2.27. The standard InChI is InChI=1S/C9H17N3O3/c1-6(11-2)9(14)12-3-4-15-5-7(12)8(10)13/h6-7,11H,3-5H2,1-2H3,(H2,10,13). The van der Waals surface area contributed by atoms with Crippen LogP contribution in [0.2, 0.25) is 0 Å². The van der Waals surface area contributed by atoms with Crippen LogP contribution in [-0.4, -0.2) is 55.6 Å². The fourth-order valence-electron chi connectivity index (χ4n) is 1.48. The molecule has 0 aromatic heterocycles. The number of morpholine rings is 1. The lowest BCUT2D eigenvalue weighted by molar-refractivity contribution is -0.148. The minimum atomic E-state index is -0.637. The summed E-state index contributed by atoms with van der Waals surface area (Å²) in [4.78, 5) is 24.4. The molecular formula is C9H17N3O3. The third-order valence-corrected chi connectivity index (χ3v) is 2.54. The van der Waals surface area contributed by atoms with E-state index in [1.807, 2.05) is 0 Å². The number of nitrogens with one attached hydrogen (secondary N) is 1. The molecule has 15 heavy (non-hydrogen) atoms. The highest BCUT2D eigenvalue weighted by atomic mass is 16.5. The quantitative estimate of drug-likeness (QED) is 0.588. The summed E-state index contributed by atoms with van der Waals surface area (Å²) in [7, 11) is 1.70. The lowest BCUT2D eigenvalue weighted by Crippen LogP contribution is -2.58. The summed E-state index contributed by atoms with van der Waals surface area (Å²) in [5.74, 6) is -0.643. The van der Waals surface area contributed by atoms with Crippen LogP contribution in [-0.2, 0) is 14.3 Å². The monoisotopic (exact) mass is 215 g/mol. The molecule has 2 unspecified atom stereocenters. The maximum atomic E-state index is 11.8. The summed E-state index contributed by atoms with van der Waals surface area (Å²) < 4.78 is 5.12. The number of hydrogen-bond donors (Lipinski definition) is 2. The van der Waals surface area contributed by atoms with E-state index in [0.717, 1.165) is 0 Å². The molecular weight excluding hydrogens is 198 g/mol. The van der Waals surface area contributed by atoms with E-state index in [1.54, 1.807) is 14.0 Å². The molecule has 6 heteroatoms. The van der Waals surface area contributed by atoms with Crippen molar-refractivity contribution in [2.24, 2.45) is 5.73 Å². The second-order valence-corrected chi connectivity index (χ2v) is 3.54. The van der Waals surface area contributed by atoms with Crippen LogP contribution in [0.3, 0.4) is 0 Å². The predicted octanol–water partition coefficient (Wildman–Crippen LogP) is -1.69. The molecule has 1 rings (SSSR count). The van der Waals surface area contributed by atoms with Gasteiger partial charge in [0, 0.05) is 6.54 Å². The van der Waals surface area contributed by atoms with Crippen molar-refractivity contribution in [1.82, 2.24) is 10.2 Å². The van der Waals surface area contributed by atoms with Crippen molar-refractivity contribution in [2.45, 2.75) is 19.0 Å². The number of amides is 2. The van der Waals surface area contributed by atoms with Crippen LogP contribution in [0.1, 0.15) is 6.92 Å². The zero-order chi connectivity index (χ0) is 11.4. The normalized spacial score (nSPS) is 23.6. The van der Waals surface area contributed by atoms with E-state index in [4.69, 9.17) is 10.5 Å². The highest BCUT2D eigenvalue weighted by Gasteiger charge is 2.32. The molecule has 1 heterocycles. The number of likely N-dealkylation sites (N-methyl/N-ethyl adjacent to an activating group) is 1. The fourth-order valence-corrected chi connectivity index (χ4v) is 1.48. The Morgan fingerprint density at radius 1 is 1.60 bits per heavy atom. The zero-order valence-corrected chi connectivity index (χ0v) is 9.03. The Kier molecular flexibility index (Phi) is 4.05. The lowest BCUT2D eigenvalue weighted by Gasteiger charge is -2.35. The SMILES string of the molecule is CNC(C)C(=O)N1CCOCC1C(N)=O. The number of carbonyl (C=O) groups excluding carboxylic acids is 2. The Labute approximate surface area is 88.7 Å². The van der Waals surface area contributed by atoms with Gasteiger partial charge >= 0.3 is 0 Å². The molecule has 0 aliphatic carbocycles. The number of nitrogens with zero attached hydrogens (tertiary/aromatic N) is 1. The predicted molar refractivity (Wildman–Crippen MR) is 54.0 cm³/mol. The molecule has 0 bridgehead atoms. The van der Waals surface area contributed by atoms with E-state index in [0.29, 0.717) is 13.2 Å². The van der Waals surface area contributed by atoms with Crippen molar-refractivity contribution in [3.8, 4) is 0 Å². The van der Waals surface area contributed by atoms with Gasteiger partial charge in [0.1, 0.15) is 6.04 Å². The Balaban J connectivity index is 2.71. The first-order chi connectivity index (χ1) is 7.07. The van der Waals surface area contributed by atoms with Crippen LogP contribution in [0.25, 0.3) is 0 Å². The van der Waals surface area contributed by atoms with E-state index >= 15 is 0 Å². The molecule has 1 aliphatic rings. The number of carbonyl (C=O) groups is 2. The highest BCUT2D eigenvalue weighted by Crippen LogP contribution is 2.08. The molecule has 0 radical (unpaired) electrons. The van der Waals surface area contributed by atoms with Gasteiger partial charge in [0.2, 0.25) is 11.8 Å². The largest absolute Gasteiger partial charge is 0.377 e. The van der Waals surface area contributed by atoms with Crippen LogP contribution in [0, 0.1) is 0 Å². The van der Waals surface area contributed by atoms with Crippen LogP contribution in [0.15, 0.2) is 0 Å². The average molecular weight is 215 g/mol. The molecule has 2 amide bonds. The van der Waals surface area contributed by atoms with Crippen LogP contribution >= 0.6 is 0 Å². The summed E-state index contributed by atoms with van der Waals surface area (Å²) in [6.07, 6.45) is 0. The summed E-state index contributed by atoms with van der Waals surface area (Å²) in [5, 5.41) is 2.84. The molecule has 0 aromatic carbocycles. The second kappa shape index (κ2) is 5.09. The van der Waals surface area contributed by atoms with Gasteiger partial charge in [-0.3, -0.25) is 9.59 Å². The van der Waals surface area contributed by atoms with Gasteiger partial charge in [-0.1, -0.05) is 0 Å². The smallest absolute Gasteiger partial charge is 0.242 e. The van der Waals surface area contributed by atoms with Gasteiger partial charge in [0.25, 0.3) is 0 Å². The van der Waals surface area contributed by atoms with Crippen molar-refractivity contribution in [1.29, 1.82) is 0 Å². The van der Waals surface area contributed by atoms with Gasteiger partial charge < -0.3 is 20.7 Å². The minimum absolute atomic E-state index is 0.121. The summed E-state index contributed by atoms with van der Waals surface area (Å²) in [6.45, 7) is 2.80. The molecule has 86 valence electrons. The van der Waals surface area contributed by atoms with Crippen molar-refractivity contribution >= 4 is 11.8 Å². The molecule has 6 nitrogen and oxygen atoms in total. The summed E-state index contributed by atoms with van der Waals surface area (Å²) in [6, 6.07) is -0.952. The van der Waals surface area contributed by atoms with E-state index in [2.05, 4.69) is 5.32 Å². The fraction of sp³-hybridized carbons (Fsp3) is 0.778. The van der Waals surface area contributed by atoms with Crippen LogP contribution in [0.5, 0.6) is 0 Å². The zero-order valence-electron chi connectivity index (χ0n) is 9.03. The first-order valence-corrected chi connectivity index (χ1v) is 4.92. The number of hydrogen-bond acceptors (Lipinski definition) is 4. The highest BCUT2D eigenvalue weighted by molar-refractivity contribution is 5.89. The molecule has 1 fully saturated rings. The second-order valence-electron chi connectivity index (χ2n) is 3.54. The third kappa shape index (κ3) is 2.66. The molecule has 1 aliphatic heterocycles.